The van der Waals surface area contributed by atoms with Crippen LogP contribution in [0.25, 0.3) is 0 Å². The van der Waals surface area contributed by atoms with Crippen molar-refractivity contribution in [1.29, 1.82) is 0 Å². The van der Waals surface area contributed by atoms with Gasteiger partial charge in [0.05, 0.1) is 11.6 Å². The van der Waals surface area contributed by atoms with Crippen molar-refractivity contribution in [1.82, 2.24) is 0 Å². The van der Waals surface area contributed by atoms with Gasteiger partial charge in [-0.15, -0.1) is 0 Å². The smallest absolute Gasteiger partial charge is 0.307 e. The molecule has 0 unspecified atom stereocenters. The van der Waals surface area contributed by atoms with E-state index in [4.69, 9.17) is 0 Å². The monoisotopic (exact) mass is 342 g/mol. The molecule has 4 rings (SSSR count). The Hall–Kier alpha value is -3.40. The van der Waals surface area contributed by atoms with Crippen molar-refractivity contribution < 1.29 is 9.59 Å². The van der Waals surface area contributed by atoms with Crippen molar-refractivity contribution in [3.63, 3.8) is 0 Å². The predicted molar refractivity (Wildman–Crippen MR) is 102 cm³/mol. The topological polar surface area (TPSA) is 49.4 Å². The average molecular weight is 342 g/mol. The number of benzene rings is 3. The molecule has 26 heavy (non-hydrogen) atoms. The van der Waals surface area contributed by atoms with E-state index in [1.165, 1.54) is 10.5 Å². The first-order chi connectivity index (χ1) is 12.7. The van der Waals surface area contributed by atoms with Gasteiger partial charge in [-0.1, -0.05) is 60.7 Å². The van der Waals surface area contributed by atoms with Crippen molar-refractivity contribution in [3.05, 3.63) is 96.1 Å². The van der Waals surface area contributed by atoms with Crippen LogP contribution in [0.5, 0.6) is 0 Å². The quantitative estimate of drug-likeness (QED) is 0.757. The van der Waals surface area contributed by atoms with Crippen LogP contribution in [0.3, 0.4) is 0 Å². The average Bonchev–Trinajstić information content (AvgIpc) is 2.65. The molecule has 0 aromatic heterocycles. The van der Waals surface area contributed by atoms with Crippen LogP contribution in [0.4, 0.5) is 16.2 Å². The molecule has 1 aliphatic rings. The number of para-hydroxylation sites is 2. The first kappa shape index (κ1) is 16.1. The van der Waals surface area contributed by atoms with Gasteiger partial charge >= 0.3 is 6.03 Å². The zero-order chi connectivity index (χ0) is 17.9. The molecule has 0 heterocycles. The molecule has 4 heteroatoms. The summed E-state index contributed by atoms with van der Waals surface area (Å²) >= 11 is 0. The lowest BCUT2D eigenvalue weighted by Crippen LogP contribution is -2.45. The van der Waals surface area contributed by atoms with Crippen molar-refractivity contribution >= 4 is 23.3 Å². The zero-order valence-corrected chi connectivity index (χ0v) is 14.1. The highest BCUT2D eigenvalue weighted by Gasteiger charge is 2.37. The number of rotatable bonds is 3. The Labute approximate surface area is 152 Å². The number of amides is 3. The number of nitrogens with one attached hydrogen (secondary N) is 1. The van der Waals surface area contributed by atoms with Crippen LogP contribution in [-0.2, 0) is 11.2 Å². The van der Waals surface area contributed by atoms with Crippen LogP contribution < -0.4 is 10.2 Å². The molecule has 3 amide bonds. The molecule has 0 saturated carbocycles. The van der Waals surface area contributed by atoms with Gasteiger partial charge in [-0.25, -0.2) is 9.69 Å². The van der Waals surface area contributed by atoms with E-state index in [1.807, 2.05) is 60.7 Å². The summed E-state index contributed by atoms with van der Waals surface area (Å²) in [6, 6.07) is 25.6. The van der Waals surface area contributed by atoms with Gasteiger partial charge in [-0.3, -0.25) is 4.79 Å². The lowest BCUT2D eigenvalue weighted by atomic mass is 9.77. The molecule has 0 radical (unpaired) electrons. The fourth-order valence-corrected chi connectivity index (χ4v) is 3.26. The number of urea groups is 1. The van der Waals surface area contributed by atoms with E-state index in [1.54, 1.807) is 24.3 Å². The highest BCUT2D eigenvalue weighted by Crippen LogP contribution is 2.37. The Morgan fingerprint density at radius 3 is 2.12 bits per heavy atom. The van der Waals surface area contributed by atoms with Gasteiger partial charge in [-0.05, 0) is 41.8 Å². The molecule has 3 aromatic carbocycles. The maximum Gasteiger partial charge on any atom is 0.333 e. The van der Waals surface area contributed by atoms with Crippen LogP contribution in [0.15, 0.2) is 84.9 Å². The summed E-state index contributed by atoms with van der Waals surface area (Å²) in [5.41, 5.74) is 3.39. The zero-order valence-electron chi connectivity index (χ0n) is 14.1. The van der Waals surface area contributed by atoms with Crippen LogP contribution in [-0.4, -0.2) is 11.9 Å². The number of carbonyl (C=O) groups is 2. The Morgan fingerprint density at radius 1 is 0.808 bits per heavy atom. The molecule has 0 saturated heterocycles. The molecule has 1 aliphatic carbocycles. The summed E-state index contributed by atoms with van der Waals surface area (Å²) < 4.78 is 0. The van der Waals surface area contributed by atoms with Crippen molar-refractivity contribution in [2.75, 3.05) is 10.2 Å². The van der Waals surface area contributed by atoms with Crippen LogP contribution >= 0.6 is 0 Å². The second kappa shape index (κ2) is 6.84. The summed E-state index contributed by atoms with van der Waals surface area (Å²) in [6.07, 6.45) is 0.664. The number of fused-ring (bicyclic) bond motifs is 1. The highest BCUT2D eigenvalue weighted by molar-refractivity contribution is 6.20. The van der Waals surface area contributed by atoms with Crippen molar-refractivity contribution in [2.45, 2.75) is 12.3 Å². The first-order valence-electron chi connectivity index (χ1n) is 8.57. The Balaban J connectivity index is 1.64. The molecule has 0 aliphatic heterocycles. The fourth-order valence-electron chi connectivity index (χ4n) is 3.26. The van der Waals surface area contributed by atoms with Gasteiger partial charge in [-0.2, -0.15) is 0 Å². The molecular weight excluding hydrogens is 324 g/mol. The number of hydrogen-bond donors (Lipinski definition) is 1. The van der Waals surface area contributed by atoms with Gasteiger partial charge in [0.25, 0.3) is 0 Å². The van der Waals surface area contributed by atoms with E-state index in [0.717, 1.165) is 5.56 Å². The maximum absolute atomic E-state index is 13.2. The number of carbonyl (C=O) groups excluding carboxylic acids is 2. The number of hydrogen-bond acceptors (Lipinski definition) is 2. The molecule has 4 nitrogen and oxygen atoms in total. The predicted octanol–water partition coefficient (Wildman–Crippen LogP) is 4.59. The van der Waals surface area contributed by atoms with Gasteiger partial charge in [0.2, 0.25) is 5.91 Å². The molecule has 0 spiro atoms. The maximum atomic E-state index is 13.2. The van der Waals surface area contributed by atoms with Crippen LogP contribution in [0.2, 0.25) is 0 Å². The fraction of sp³-hybridized carbons (Fsp3) is 0.0909. The third kappa shape index (κ3) is 2.97. The van der Waals surface area contributed by atoms with E-state index in [2.05, 4.69) is 5.32 Å². The summed E-state index contributed by atoms with van der Waals surface area (Å²) in [5.74, 6) is -0.490. The van der Waals surface area contributed by atoms with E-state index >= 15 is 0 Å². The Kier molecular flexibility index (Phi) is 4.23. The van der Waals surface area contributed by atoms with E-state index < -0.39 is 6.03 Å². The van der Waals surface area contributed by atoms with E-state index in [9.17, 15) is 9.59 Å². The molecule has 3 aromatic rings. The van der Waals surface area contributed by atoms with Crippen LogP contribution in [0, 0.1) is 0 Å². The Bertz CT molecular complexity index is 939. The number of anilines is 2. The lowest BCUT2D eigenvalue weighted by molar-refractivity contribution is -0.119. The van der Waals surface area contributed by atoms with E-state index in [-0.39, 0.29) is 11.8 Å². The second-order valence-electron chi connectivity index (χ2n) is 6.26. The van der Waals surface area contributed by atoms with Gasteiger partial charge in [0.15, 0.2) is 0 Å². The van der Waals surface area contributed by atoms with Gasteiger partial charge < -0.3 is 5.32 Å². The summed E-state index contributed by atoms with van der Waals surface area (Å²) in [6.45, 7) is 0. The summed E-state index contributed by atoms with van der Waals surface area (Å²) in [4.78, 5) is 27.3. The standard InChI is InChI=1S/C22H18N2O2/c25-21(20-15-16-9-7-8-14-19(16)20)24(18-12-5-2-6-13-18)22(26)23-17-10-3-1-4-11-17/h1-14,20H,15H2,(H,23,26)/t20-/m1/s1. The first-order valence-corrected chi connectivity index (χ1v) is 8.57. The minimum Gasteiger partial charge on any atom is -0.307 e. The number of nitrogens with zero attached hydrogens (tertiary/aromatic N) is 1. The summed E-state index contributed by atoms with van der Waals surface area (Å²) in [5, 5.41) is 2.81. The van der Waals surface area contributed by atoms with Crippen molar-refractivity contribution in [3.8, 4) is 0 Å². The van der Waals surface area contributed by atoms with Crippen molar-refractivity contribution in [2.24, 2.45) is 0 Å². The molecule has 0 fully saturated rings. The molecule has 1 N–H and O–H groups in total. The molecule has 0 bridgehead atoms. The third-order valence-corrected chi connectivity index (χ3v) is 4.62. The normalized spacial score (nSPS) is 14.7. The molecule has 1 atom stereocenters. The number of imide groups is 1. The third-order valence-electron chi connectivity index (χ3n) is 4.62. The SMILES string of the molecule is O=C(Nc1ccccc1)N(C(=O)[C@@H]1Cc2ccccc21)c1ccccc1. The van der Waals surface area contributed by atoms with Gasteiger partial charge in [0.1, 0.15) is 0 Å². The van der Waals surface area contributed by atoms with Gasteiger partial charge in [0, 0.05) is 5.69 Å². The Morgan fingerprint density at radius 2 is 1.42 bits per heavy atom. The van der Waals surface area contributed by atoms with Crippen LogP contribution in [0.1, 0.15) is 17.0 Å². The summed E-state index contributed by atoms with van der Waals surface area (Å²) in [7, 11) is 0. The minimum absolute atomic E-state index is 0.205. The second-order valence-corrected chi connectivity index (χ2v) is 6.26. The largest absolute Gasteiger partial charge is 0.333 e. The molecular formula is C22H18N2O2. The molecule has 128 valence electrons. The van der Waals surface area contributed by atoms with E-state index in [0.29, 0.717) is 17.8 Å². The minimum atomic E-state index is -0.447. The highest BCUT2D eigenvalue weighted by atomic mass is 16.2. The lowest BCUT2D eigenvalue weighted by Gasteiger charge is -2.33.